The van der Waals surface area contributed by atoms with Gasteiger partial charge in [-0.05, 0) is 53.9 Å². The van der Waals surface area contributed by atoms with Gasteiger partial charge in [-0.25, -0.2) is 0 Å². The maximum Gasteiger partial charge on any atom is 0.416 e. The second kappa shape index (κ2) is 10.6. The van der Waals surface area contributed by atoms with Gasteiger partial charge in [-0.1, -0.05) is 19.1 Å². The van der Waals surface area contributed by atoms with Crippen molar-refractivity contribution in [3.8, 4) is 0 Å². The van der Waals surface area contributed by atoms with Crippen molar-refractivity contribution < 1.29 is 22.8 Å². The number of fused-ring (bicyclic) bond motifs is 1. The number of nitrogens with one attached hydrogen (secondary N) is 1. The summed E-state index contributed by atoms with van der Waals surface area (Å²) in [4.78, 5) is 30.4. The first-order valence-electron chi connectivity index (χ1n) is 12.1. The van der Waals surface area contributed by atoms with Gasteiger partial charge in [-0.2, -0.15) is 13.2 Å². The zero-order chi connectivity index (χ0) is 26.0. The van der Waals surface area contributed by atoms with E-state index in [0.29, 0.717) is 31.7 Å². The van der Waals surface area contributed by atoms with Crippen LogP contribution in [0.5, 0.6) is 0 Å². The average Bonchev–Trinajstić information content (AvgIpc) is 2.80. The molecule has 194 valence electrons. The number of piperazine rings is 1. The van der Waals surface area contributed by atoms with Gasteiger partial charge in [0, 0.05) is 57.1 Å². The van der Waals surface area contributed by atoms with Gasteiger partial charge in [0.15, 0.2) is 0 Å². The van der Waals surface area contributed by atoms with Crippen LogP contribution < -0.4 is 11.1 Å². The van der Waals surface area contributed by atoms with Crippen LogP contribution in [0, 0.1) is 0 Å². The predicted octanol–water partition coefficient (Wildman–Crippen LogP) is 3.11. The van der Waals surface area contributed by atoms with E-state index in [-0.39, 0.29) is 30.3 Å². The molecule has 0 saturated carbocycles. The van der Waals surface area contributed by atoms with E-state index in [4.69, 9.17) is 5.73 Å². The summed E-state index contributed by atoms with van der Waals surface area (Å²) in [6.45, 7) is 6.58. The molecule has 0 bridgehead atoms. The summed E-state index contributed by atoms with van der Waals surface area (Å²) in [6.07, 6.45) is -4.53. The van der Waals surface area contributed by atoms with Gasteiger partial charge in [0.1, 0.15) is 0 Å². The molecule has 10 heteroatoms. The van der Waals surface area contributed by atoms with Crippen LogP contribution in [-0.2, 0) is 24.1 Å². The van der Waals surface area contributed by atoms with Crippen molar-refractivity contribution in [2.45, 2.75) is 32.1 Å². The van der Waals surface area contributed by atoms with Crippen molar-refractivity contribution in [2.24, 2.45) is 5.73 Å². The third kappa shape index (κ3) is 6.24. The quantitative estimate of drug-likeness (QED) is 0.633. The molecule has 2 heterocycles. The Kier molecular flexibility index (Phi) is 7.67. The van der Waals surface area contributed by atoms with Crippen LogP contribution >= 0.6 is 0 Å². The minimum absolute atomic E-state index is 0.0934. The Morgan fingerprint density at radius 3 is 2.44 bits per heavy atom. The molecule has 7 nitrogen and oxygen atoms in total. The third-order valence-electron chi connectivity index (χ3n) is 6.90. The minimum Gasteiger partial charge on any atom is -0.369 e. The molecule has 2 amide bonds. The summed E-state index contributed by atoms with van der Waals surface area (Å²) in [7, 11) is 2.00. The summed E-state index contributed by atoms with van der Waals surface area (Å²) >= 11 is 0. The number of primary amides is 1. The molecule has 1 saturated heterocycles. The minimum atomic E-state index is -4.53. The molecular weight excluding hydrogens is 471 g/mol. The van der Waals surface area contributed by atoms with Gasteiger partial charge in [-0.3, -0.25) is 19.4 Å². The van der Waals surface area contributed by atoms with E-state index < -0.39 is 23.6 Å². The summed E-state index contributed by atoms with van der Waals surface area (Å²) < 4.78 is 41.6. The van der Waals surface area contributed by atoms with Crippen molar-refractivity contribution in [2.75, 3.05) is 51.6 Å². The van der Waals surface area contributed by atoms with Crippen LogP contribution in [0.2, 0.25) is 0 Å². The topological polar surface area (TPSA) is 81.9 Å². The molecular formula is C26H32F3N5O2. The number of amides is 2. The summed E-state index contributed by atoms with van der Waals surface area (Å²) in [5, 5.41) is 2.62. The molecule has 0 radical (unpaired) electrons. The third-order valence-corrected chi connectivity index (χ3v) is 6.90. The Balaban J connectivity index is 1.51. The fraction of sp³-hybridized carbons (Fsp3) is 0.462. The number of hydrogen-bond acceptors (Lipinski definition) is 5. The average molecular weight is 504 g/mol. The number of rotatable bonds is 6. The summed E-state index contributed by atoms with van der Waals surface area (Å²) in [5.41, 5.74) is 7.22. The number of likely N-dealkylation sites (N-methyl/N-ethyl adjacent to an activating group) is 1. The second-order valence-corrected chi connectivity index (χ2v) is 9.85. The van der Waals surface area contributed by atoms with Gasteiger partial charge in [0.05, 0.1) is 12.1 Å². The van der Waals surface area contributed by atoms with Crippen molar-refractivity contribution >= 4 is 17.5 Å². The van der Waals surface area contributed by atoms with E-state index >= 15 is 0 Å². The fourth-order valence-electron chi connectivity index (χ4n) is 5.00. The number of hydrogen-bond donors (Lipinski definition) is 2. The molecule has 1 unspecified atom stereocenters. The molecule has 0 aromatic heterocycles. The number of nitrogens with two attached hydrogens (primary N) is 1. The SMILES string of the molecule is CC1CN(CC(N)=O)Cc2cc(C(=O)Nc3ccc(CN4CCN(C)CC4)c(C(F)(F)F)c3)ccc21. The normalized spacial score (nSPS) is 19.6. The molecule has 1 fully saturated rings. The van der Waals surface area contributed by atoms with Crippen LogP contribution in [0.25, 0.3) is 0 Å². The Hall–Kier alpha value is -2.95. The molecule has 0 aliphatic carbocycles. The predicted molar refractivity (Wildman–Crippen MR) is 131 cm³/mol. The van der Waals surface area contributed by atoms with E-state index in [0.717, 1.165) is 30.3 Å². The Morgan fingerprint density at radius 1 is 1.06 bits per heavy atom. The van der Waals surface area contributed by atoms with E-state index in [1.807, 2.05) is 29.8 Å². The highest BCUT2D eigenvalue weighted by Gasteiger charge is 2.34. The van der Waals surface area contributed by atoms with E-state index in [2.05, 4.69) is 10.2 Å². The largest absolute Gasteiger partial charge is 0.416 e. The molecule has 1 atom stereocenters. The monoisotopic (exact) mass is 503 g/mol. The van der Waals surface area contributed by atoms with E-state index in [1.165, 1.54) is 12.1 Å². The highest BCUT2D eigenvalue weighted by atomic mass is 19.4. The second-order valence-electron chi connectivity index (χ2n) is 9.85. The van der Waals surface area contributed by atoms with Crippen LogP contribution in [0.15, 0.2) is 36.4 Å². The molecule has 0 spiro atoms. The summed E-state index contributed by atoms with van der Waals surface area (Å²) in [5.74, 6) is -0.749. The maximum absolute atomic E-state index is 13.9. The first kappa shape index (κ1) is 26.1. The maximum atomic E-state index is 13.9. The van der Waals surface area contributed by atoms with Crippen molar-refractivity contribution in [3.63, 3.8) is 0 Å². The zero-order valence-corrected chi connectivity index (χ0v) is 20.6. The van der Waals surface area contributed by atoms with Crippen LogP contribution in [0.4, 0.5) is 18.9 Å². The Morgan fingerprint density at radius 2 is 1.78 bits per heavy atom. The molecule has 4 rings (SSSR count). The van der Waals surface area contributed by atoms with Crippen LogP contribution in [0.3, 0.4) is 0 Å². The lowest BCUT2D eigenvalue weighted by Gasteiger charge is -2.33. The van der Waals surface area contributed by atoms with Gasteiger partial charge in [0.2, 0.25) is 5.91 Å². The highest BCUT2D eigenvalue weighted by Crippen LogP contribution is 2.35. The number of halogens is 3. The number of anilines is 1. The summed E-state index contributed by atoms with van der Waals surface area (Å²) in [6, 6.07) is 9.28. The molecule has 2 aromatic carbocycles. The smallest absolute Gasteiger partial charge is 0.369 e. The van der Waals surface area contributed by atoms with Gasteiger partial charge >= 0.3 is 6.18 Å². The fourth-order valence-corrected chi connectivity index (χ4v) is 5.00. The Bertz CT molecular complexity index is 1130. The van der Waals surface area contributed by atoms with Crippen molar-refractivity contribution in [1.29, 1.82) is 0 Å². The van der Waals surface area contributed by atoms with Crippen LogP contribution in [0.1, 0.15) is 45.5 Å². The lowest BCUT2D eigenvalue weighted by Crippen LogP contribution is -2.44. The van der Waals surface area contributed by atoms with Gasteiger partial charge < -0.3 is 16.0 Å². The molecule has 3 N–H and O–H groups in total. The zero-order valence-electron chi connectivity index (χ0n) is 20.6. The molecule has 2 aromatic rings. The van der Waals surface area contributed by atoms with Crippen molar-refractivity contribution in [3.05, 3.63) is 64.2 Å². The van der Waals surface area contributed by atoms with Gasteiger partial charge in [0.25, 0.3) is 5.91 Å². The number of carbonyl (C=O) groups excluding carboxylic acids is 2. The number of benzene rings is 2. The number of carbonyl (C=O) groups is 2. The number of alkyl halides is 3. The van der Waals surface area contributed by atoms with Gasteiger partial charge in [-0.15, -0.1) is 0 Å². The lowest BCUT2D eigenvalue weighted by molar-refractivity contribution is -0.138. The van der Waals surface area contributed by atoms with E-state index in [9.17, 15) is 22.8 Å². The number of nitrogens with zero attached hydrogens (tertiary/aromatic N) is 3. The Labute approximate surface area is 209 Å². The standard InChI is InChI=1S/C26H32F3N5O2/c1-17-13-34(16-24(30)35)15-20-11-18(4-6-22(17)20)25(36)31-21-5-3-19(23(12-21)26(27,28)29)14-33-9-7-32(2)8-10-33/h3-6,11-12,17H,7-10,13-16H2,1-2H3,(H2,30,35)(H,31,36). The molecule has 36 heavy (non-hydrogen) atoms. The first-order chi connectivity index (χ1) is 17.0. The molecule has 2 aliphatic heterocycles. The lowest BCUT2D eigenvalue weighted by atomic mass is 9.89. The van der Waals surface area contributed by atoms with E-state index in [1.54, 1.807) is 12.1 Å². The molecule has 2 aliphatic rings. The van der Waals surface area contributed by atoms with Crippen LogP contribution in [-0.4, -0.2) is 72.8 Å². The van der Waals surface area contributed by atoms with Crippen molar-refractivity contribution in [1.82, 2.24) is 14.7 Å². The first-order valence-corrected chi connectivity index (χ1v) is 12.1. The highest BCUT2D eigenvalue weighted by molar-refractivity contribution is 6.04.